The van der Waals surface area contributed by atoms with Crippen molar-refractivity contribution in [3.05, 3.63) is 41.5 Å². The summed E-state index contributed by atoms with van der Waals surface area (Å²) in [6.07, 6.45) is 20.2. The number of hydrogen-bond acceptors (Lipinski definition) is 3. The van der Waals surface area contributed by atoms with E-state index in [1.165, 1.54) is 82.6 Å². The predicted octanol–water partition coefficient (Wildman–Crippen LogP) is 7.23. The molecular formula is C26H40O3. The van der Waals surface area contributed by atoms with Gasteiger partial charge >= 0.3 is 5.97 Å². The lowest BCUT2D eigenvalue weighted by Crippen LogP contribution is -2.12. The Bertz CT molecular complexity index is 606. The van der Waals surface area contributed by atoms with Gasteiger partial charge in [-0.3, -0.25) is 0 Å². The van der Waals surface area contributed by atoms with Crippen LogP contribution in [0.2, 0.25) is 0 Å². The third kappa shape index (κ3) is 10.1. The molecule has 0 atom stereocenters. The number of carbonyl (C=O) groups excluding carboxylic acids is 1. The first-order valence-electron chi connectivity index (χ1n) is 11.9. The van der Waals surface area contributed by atoms with E-state index < -0.39 is 0 Å². The number of esters is 1. The molecule has 29 heavy (non-hydrogen) atoms. The van der Waals surface area contributed by atoms with Gasteiger partial charge in [-0.05, 0) is 24.5 Å². The molecule has 0 fully saturated rings. The zero-order valence-corrected chi connectivity index (χ0v) is 18.4. The standard InChI is InChI=1S/C26H40O3/c1-2-3-4-5-6-7-8-9-10-11-12-13-16-21-28-22-26(27)29-25-20-19-23-17-14-15-18-24(23)25/h14-15,17-18,20H,2-13,16,19,21-22H2,1H3. The maximum atomic E-state index is 12.0. The summed E-state index contributed by atoms with van der Waals surface area (Å²) >= 11 is 0. The molecule has 0 aromatic heterocycles. The van der Waals surface area contributed by atoms with Crippen LogP contribution in [0.4, 0.5) is 0 Å². The number of fused-ring (bicyclic) bond motifs is 1. The first-order valence-corrected chi connectivity index (χ1v) is 11.9. The van der Waals surface area contributed by atoms with E-state index in [0.29, 0.717) is 12.4 Å². The normalized spacial score (nSPS) is 12.7. The highest BCUT2D eigenvalue weighted by Crippen LogP contribution is 2.27. The smallest absolute Gasteiger partial charge is 0.337 e. The summed E-state index contributed by atoms with van der Waals surface area (Å²) < 4.78 is 10.9. The Labute approximate surface area is 177 Å². The van der Waals surface area contributed by atoms with Crippen molar-refractivity contribution in [2.45, 2.75) is 96.8 Å². The molecule has 0 saturated heterocycles. The van der Waals surface area contributed by atoms with Crippen molar-refractivity contribution in [1.29, 1.82) is 0 Å². The molecule has 0 N–H and O–H groups in total. The van der Waals surface area contributed by atoms with E-state index in [4.69, 9.17) is 9.47 Å². The quantitative estimate of drug-likeness (QED) is 0.204. The lowest BCUT2D eigenvalue weighted by molar-refractivity contribution is -0.141. The number of allylic oxidation sites excluding steroid dienone is 1. The van der Waals surface area contributed by atoms with Crippen molar-refractivity contribution in [1.82, 2.24) is 0 Å². The fourth-order valence-corrected chi connectivity index (χ4v) is 3.88. The van der Waals surface area contributed by atoms with Gasteiger partial charge in [0.25, 0.3) is 0 Å². The topological polar surface area (TPSA) is 35.5 Å². The highest BCUT2D eigenvalue weighted by Gasteiger charge is 2.17. The van der Waals surface area contributed by atoms with E-state index >= 15 is 0 Å². The molecule has 1 aromatic carbocycles. The Balaban J connectivity index is 1.35. The second kappa shape index (κ2) is 15.3. The first-order chi connectivity index (χ1) is 14.3. The molecule has 0 amide bonds. The third-order valence-corrected chi connectivity index (χ3v) is 5.63. The van der Waals surface area contributed by atoms with Gasteiger partial charge in [-0.2, -0.15) is 0 Å². The van der Waals surface area contributed by atoms with Crippen LogP contribution in [0.1, 0.15) is 102 Å². The number of unbranched alkanes of at least 4 members (excludes halogenated alkanes) is 12. The second-order valence-corrected chi connectivity index (χ2v) is 8.20. The number of carbonyl (C=O) groups is 1. The van der Waals surface area contributed by atoms with E-state index in [9.17, 15) is 4.79 Å². The van der Waals surface area contributed by atoms with Crippen molar-refractivity contribution < 1.29 is 14.3 Å². The van der Waals surface area contributed by atoms with Crippen LogP contribution in [-0.2, 0) is 20.7 Å². The minimum Gasteiger partial charge on any atom is -0.425 e. The number of hydrogen-bond donors (Lipinski definition) is 0. The Morgan fingerprint density at radius 3 is 2.07 bits per heavy atom. The van der Waals surface area contributed by atoms with E-state index in [1.54, 1.807) is 0 Å². The van der Waals surface area contributed by atoms with Crippen molar-refractivity contribution in [3.8, 4) is 0 Å². The van der Waals surface area contributed by atoms with Crippen LogP contribution < -0.4 is 0 Å². The molecule has 1 aromatic rings. The maximum absolute atomic E-state index is 12.0. The molecule has 2 rings (SSSR count). The summed E-state index contributed by atoms with van der Waals surface area (Å²) in [7, 11) is 0. The van der Waals surface area contributed by atoms with Crippen LogP contribution in [0.5, 0.6) is 0 Å². The molecular weight excluding hydrogens is 360 g/mol. The number of benzene rings is 1. The third-order valence-electron chi connectivity index (χ3n) is 5.63. The zero-order chi connectivity index (χ0) is 20.6. The summed E-state index contributed by atoms with van der Waals surface area (Å²) in [5.74, 6) is 0.373. The summed E-state index contributed by atoms with van der Waals surface area (Å²) in [6, 6.07) is 8.04. The second-order valence-electron chi connectivity index (χ2n) is 8.20. The maximum Gasteiger partial charge on any atom is 0.337 e. The Kier molecular flexibility index (Phi) is 12.5. The van der Waals surface area contributed by atoms with Gasteiger partial charge in [-0.25, -0.2) is 4.79 Å². The average molecular weight is 401 g/mol. The molecule has 1 aliphatic carbocycles. The molecule has 0 spiro atoms. The van der Waals surface area contributed by atoms with Crippen LogP contribution in [0.3, 0.4) is 0 Å². The highest BCUT2D eigenvalue weighted by molar-refractivity contribution is 5.81. The van der Waals surface area contributed by atoms with Crippen LogP contribution in [-0.4, -0.2) is 19.2 Å². The van der Waals surface area contributed by atoms with Gasteiger partial charge in [0.15, 0.2) is 0 Å². The lowest BCUT2D eigenvalue weighted by atomic mass is 10.0. The van der Waals surface area contributed by atoms with Crippen molar-refractivity contribution >= 4 is 11.7 Å². The SMILES string of the molecule is CCCCCCCCCCCCCCCOCC(=O)OC1=CCc2ccccc21. The van der Waals surface area contributed by atoms with E-state index in [2.05, 4.69) is 13.0 Å². The van der Waals surface area contributed by atoms with Gasteiger partial charge in [0.05, 0.1) is 0 Å². The molecule has 0 radical (unpaired) electrons. The van der Waals surface area contributed by atoms with E-state index in [0.717, 1.165) is 18.4 Å². The summed E-state index contributed by atoms with van der Waals surface area (Å²) in [6.45, 7) is 2.95. The minimum atomic E-state index is -0.303. The summed E-state index contributed by atoms with van der Waals surface area (Å²) in [5, 5.41) is 0. The van der Waals surface area contributed by atoms with E-state index in [1.807, 2.05) is 24.3 Å². The molecule has 0 heterocycles. The Morgan fingerprint density at radius 1 is 0.828 bits per heavy atom. The van der Waals surface area contributed by atoms with Gasteiger partial charge < -0.3 is 9.47 Å². The first kappa shape index (κ1) is 23.7. The van der Waals surface area contributed by atoms with Crippen LogP contribution >= 0.6 is 0 Å². The highest BCUT2D eigenvalue weighted by atomic mass is 16.6. The summed E-state index contributed by atoms with van der Waals surface area (Å²) in [4.78, 5) is 12.0. The molecule has 0 saturated carbocycles. The van der Waals surface area contributed by atoms with Crippen LogP contribution in [0.15, 0.2) is 30.3 Å². The molecule has 0 unspecified atom stereocenters. The van der Waals surface area contributed by atoms with Crippen LogP contribution in [0, 0.1) is 0 Å². The Morgan fingerprint density at radius 2 is 1.41 bits per heavy atom. The van der Waals surface area contributed by atoms with E-state index in [-0.39, 0.29) is 12.6 Å². The van der Waals surface area contributed by atoms with Gasteiger partial charge in [0, 0.05) is 12.2 Å². The molecule has 0 bridgehead atoms. The fraction of sp³-hybridized carbons (Fsp3) is 0.654. The average Bonchev–Trinajstić information content (AvgIpc) is 3.14. The molecule has 3 nitrogen and oxygen atoms in total. The lowest BCUT2D eigenvalue weighted by Gasteiger charge is -2.08. The van der Waals surface area contributed by atoms with Crippen LogP contribution in [0.25, 0.3) is 5.76 Å². The monoisotopic (exact) mass is 400 g/mol. The van der Waals surface area contributed by atoms with Gasteiger partial charge in [0.2, 0.25) is 0 Å². The van der Waals surface area contributed by atoms with Gasteiger partial charge in [0.1, 0.15) is 12.4 Å². The Hall–Kier alpha value is -1.61. The van der Waals surface area contributed by atoms with Crippen molar-refractivity contribution in [3.63, 3.8) is 0 Å². The number of ether oxygens (including phenoxy) is 2. The number of rotatable bonds is 17. The minimum absolute atomic E-state index is 0.0394. The van der Waals surface area contributed by atoms with Gasteiger partial charge in [-0.1, -0.05) is 108 Å². The molecule has 162 valence electrons. The van der Waals surface area contributed by atoms with Gasteiger partial charge in [-0.15, -0.1) is 0 Å². The van der Waals surface area contributed by atoms with Crippen molar-refractivity contribution in [2.24, 2.45) is 0 Å². The zero-order valence-electron chi connectivity index (χ0n) is 18.4. The largest absolute Gasteiger partial charge is 0.425 e. The predicted molar refractivity (Wildman–Crippen MR) is 121 cm³/mol. The summed E-state index contributed by atoms with van der Waals surface area (Å²) in [5.41, 5.74) is 2.24. The molecule has 3 heteroatoms. The fourth-order valence-electron chi connectivity index (χ4n) is 3.88. The molecule has 0 aliphatic heterocycles. The molecule has 1 aliphatic rings. The van der Waals surface area contributed by atoms with Crippen molar-refractivity contribution in [2.75, 3.05) is 13.2 Å².